The monoisotopic (exact) mass is 478 g/mol. The lowest BCUT2D eigenvalue weighted by molar-refractivity contribution is -0.107. The van der Waals surface area contributed by atoms with Crippen molar-refractivity contribution in [1.29, 1.82) is 0 Å². The predicted molar refractivity (Wildman–Crippen MR) is 140 cm³/mol. The van der Waals surface area contributed by atoms with E-state index in [4.69, 9.17) is 4.43 Å². The van der Waals surface area contributed by atoms with Gasteiger partial charge in [-0.2, -0.15) is 0 Å². The molecule has 0 amide bonds. The average molecular weight is 479 g/mol. The molecular formula is C29H54O3Si. The maximum Gasteiger partial charge on any atom is 0.192 e. The molecule has 0 aliphatic heterocycles. The Labute approximate surface area is 205 Å². The van der Waals surface area contributed by atoms with E-state index in [-0.39, 0.29) is 11.6 Å². The molecule has 4 fully saturated rings. The minimum absolute atomic E-state index is 0.224. The topological polar surface area (TPSA) is 49.7 Å². The Kier molecular flexibility index (Phi) is 7.29. The lowest BCUT2D eigenvalue weighted by Gasteiger charge is -2.57. The molecule has 0 aromatic carbocycles. The number of aliphatic hydroxyl groups excluding tert-OH is 1. The molecule has 0 spiro atoms. The number of aliphatic hydroxyl groups is 2. The van der Waals surface area contributed by atoms with Crippen molar-refractivity contribution >= 4 is 8.32 Å². The highest BCUT2D eigenvalue weighted by Crippen LogP contribution is 2.65. The van der Waals surface area contributed by atoms with Crippen molar-refractivity contribution in [3.05, 3.63) is 0 Å². The van der Waals surface area contributed by atoms with Gasteiger partial charge in [-0.15, -0.1) is 0 Å². The molecule has 2 N–H and O–H groups in total. The molecule has 0 aromatic heterocycles. The summed E-state index contributed by atoms with van der Waals surface area (Å²) in [5, 5.41) is 20.6. The van der Waals surface area contributed by atoms with E-state index in [1.807, 2.05) is 0 Å². The van der Waals surface area contributed by atoms with Crippen LogP contribution in [0.4, 0.5) is 0 Å². The summed E-state index contributed by atoms with van der Waals surface area (Å²) >= 11 is 0. The zero-order valence-electron chi connectivity index (χ0n) is 22.8. The van der Waals surface area contributed by atoms with Crippen molar-refractivity contribution in [2.24, 2.45) is 40.9 Å². The molecule has 0 aromatic rings. The van der Waals surface area contributed by atoms with Gasteiger partial charge in [-0.3, -0.25) is 0 Å². The van der Waals surface area contributed by atoms with Crippen molar-refractivity contribution in [2.75, 3.05) is 6.61 Å². The third-order valence-corrected chi connectivity index (χ3v) is 16.2. The van der Waals surface area contributed by atoms with Crippen LogP contribution in [-0.2, 0) is 4.43 Å². The standard InChI is InChI=1S/C29H54O3Si/c1-27(2,3)33(6,7)32-26(9-8-18-30)25-13-12-24-23-11-10-20-19-28(4,31)16-14-21(20)22(23)15-17-29(24,25)5/h20-26,30-31H,8-19H2,1-7H3/t20-,21+,22-,23-,24+,25-,26?,28-,29+/m1/s1. The Hall–Kier alpha value is 0.0969. The Morgan fingerprint density at radius 2 is 1.64 bits per heavy atom. The first-order valence-electron chi connectivity index (χ1n) is 14.3. The first kappa shape index (κ1) is 26.2. The smallest absolute Gasteiger partial charge is 0.192 e. The van der Waals surface area contributed by atoms with Gasteiger partial charge in [0, 0.05) is 12.7 Å². The second-order valence-corrected chi connectivity index (χ2v) is 19.4. The molecule has 9 atom stereocenters. The fourth-order valence-corrected chi connectivity index (χ4v) is 10.3. The molecule has 4 aliphatic rings. The van der Waals surface area contributed by atoms with E-state index in [1.165, 1.54) is 44.9 Å². The zero-order chi connectivity index (χ0) is 24.2. The molecule has 0 saturated heterocycles. The molecular weight excluding hydrogens is 424 g/mol. The van der Waals surface area contributed by atoms with Crippen LogP contribution in [0.3, 0.4) is 0 Å². The van der Waals surface area contributed by atoms with Gasteiger partial charge in [0.15, 0.2) is 8.32 Å². The van der Waals surface area contributed by atoms with Gasteiger partial charge < -0.3 is 14.6 Å². The van der Waals surface area contributed by atoms with Gasteiger partial charge in [-0.1, -0.05) is 27.7 Å². The van der Waals surface area contributed by atoms with Crippen LogP contribution < -0.4 is 0 Å². The highest BCUT2D eigenvalue weighted by Gasteiger charge is 2.59. The number of fused-ring (bicyclic) bond motifs is 5. The second-order valence-electron chi connectivity index (χ2n) is 14.7. The van der Waals surface area contributed by atoms with Crippen LogP contribution in [0.25, 0.3) is 0 Å². The Balaban J connectivity index is 1.52. The van der Waals surface area contributed by atoms with E-state index < -0.39 is 13.9 Å². The second kappa shape index (κ2) is 9.20. The molecule has 192 valence electrons. The van der Waals surface area contributed by atoms with Crippen molar-refractivity contribution in [1.82, 2.24) is 0 Å². The number of hydrogen-bond donors (Lipinski definition) is 2. The van der Waals surface area contributed by atoms with Crippen LogP contribution in [0.5, 0.6) is 0 Å². The Morgan fingerprint density at radius 3 is 2.30 bits per heavy atom. The molecule has 4 aliphatic carbocycles. The third kappa shape index (κ3) is 4.89. The minimum atomic E-state index is -1.85. The molecule has 1 unspecified atom stereocenters. The molecule has 4 rings (SSSR count). The lowest BCUT2D eigenvalue weighted by Crippen LogP contribution is -2.53. The molecule has 0 bridgehead atoms. The summed E-state index contributed by atoms with van der Waals surface area (Å²) in [6.45, 7) is 16.9. The molecule has 33 heavy (non-hydrogen) atoms. The van der Waals surface area contributed by atoms with Crippen molar-refractivity contribution in [3.63, 3.8) is 0 Å². The molecule has 3 nitrogen and oxygen atoms in total. The molecule has 0 radical (unpaired) electrons. The quantitative estimate of drug-likeness (QED) is 0.398. The first-order chi connectivity index (χ1) is 15.3. The summed E-state index contributed by atoms with van der Waals surface area (Å²) in [5.74, 6) is 4.91. The summed E-state index contributed by atoms with van der Waals surface area (Å²) in [7, 11) is -1.85. The summed E-state index contributed by atoms with van der Waals surface area (Å²) in [6.07, 6.45) is 13.7. The average Bonchev–Trinajstić information content (AvgIpc) is 3.06. The summed E-state index contributed by atoms with van der Waals surface area (Å²) < 4.78 is 7.15. The normalized spacial score (nSPS) is 44.6. The highest BCUT2D eigenvalue weighted by molar-refractivity contribution is 6.74. The van der Waals surface area contributed by atoms with Crippen molar-refractivity contribution < 1.29 is 14.6 Å². The Bertz CT molecular complexity index is 683. The fraction of sp³-hybridized carbons (Fsp3) is 1.00. The van der Waals surface area contributed by atoms with Gasteiger partial charge >= 0.3 is 0 Å². The van der Waals surface area contributed by atoms with Gasteiger partial charge in [-0.05, 0) is 137 Å². The van der Waals surface area contributed by atoms with E-state index in [9.17, 15) is 10.2 Å². The van der Waals surface area contributed by atoms with Crippen LogP contribution in [0.2, 0.25) is 18.1 Å². The van der Waals surface area contributed by atoms with E-state index in [1.54, 1.807) is 0 Å². The van der Waals surface area contributed by atoms with Gasteiger partial charge in [0.05, 0.1) is 5.60 Å². The summed E-state index contributed by atoms with van der Waals surface area (Å²) in [6, 6.07) is 0. The number of hydrogen-bond acceptors (Lipinski definition) is 3. The SMILES string of the molecule is CC(C)(C)[Si](C)(C)OC(CCCO)[C@H]1CC[C@H]2[C@@H]3CC[C@@H]4C[C@](C)(O)CC[C@@H]4[C@H]3CC[C@]12C. The van der Waals surface area contributed by atoms with E-state index in [0.717, 1.165) is 55.3 Å². The van der Waals surface area contributed by atoms with Crippen molar-refractivity contribution in [3.8, 4) is 0 Å². The highest BCUT2D eigenvalue weighted by atomic mass is 28.4. The fourth-order valence-electron chi connectivity index (χ4n) is 8.92. The first-order valence-corrected chi connectivity index (χ1v) is 17.2. The predicted octanol–water partition coefficient (Wildman–Crippen LogP) is 7.17. The zero-order valence-corrected chi connectivity index (χ0v) is 23.8. The van der Waals surface area contributed by atoms with E-state index >= 15 is 0 Å². The van der Waals surface area contributed by atoms with Gasteiger partial charge in [0.25, 0.3) is 0 Å². The van der Waals surface area contributed by atoms with E-state index in [0.29, 0.717) is 17.4 Å². The van der Waals surface area contributed by atoms with Crippen LogP contribution >= 0.6 is 0 Å². The molecule has 4 saturated carbocycles. The third-order valence-electron chi connectivity index (χ3n) is 11.7. The van der Waals surface area contributed by atoms with Crippen LogP contribution in [0, 0.1) is 40.9 Å². The Morgan fingerprint density at radius 1 is 0.939 bits per heavy atom. The molecule has 4 heteroatoms. The van der Waals surface area contributed by atoms with Crippen LogP contribution in [-0.4, -0.2) is 36.8 Å². The van der Waals surface area contributed by atoms with Crippen molar-refractivity contribution in [2.45, 2.75) is 135 Å². The largest absolute Gasteiger partial charge is 0.414 e. The maximum atomic E-state index is 10.7. The van der Waals surface area contributed by atoms with Crippen LogP contribution in [0.15, 0.2) is 0 Å². The summed E-state index contributed by atoms with van der Waals surface area (Å²) in [4.78, 5) is 0. The summed E-state index contributed by atoms with van der Waals surface area (Å²) in [5.41, 5.74) is -0.0205. The minimum Gasteiger partial charge on any atom is -0.414 e. The van der Waals surface area contributed by atoms with Crippen LogP contribution in [0.1, 0.15) is 105 Å². The number of rotatable bonds is 6. The van der Waals surface area contributed by atoms with E-state index in [2.05, 4.69) is 47.7 Å². The maximum absolute atomic E-state index is 10.7. The lowest BCUT2D eigenvalue weighted by atomic mass is 9.49. The van der Waals surface area contributed by atoms with Gasteiger partial charge in [0.1, 0.15) is 0 Å². The van der Waals surface area contributed by atoms with Gasteiger partial charge in [-0.25, -0.2) is 0 Å². The van der Waals surface area contributed by atoms with Gasteiger partial charge in [0.2, 0.25) is 0 Å². The molecule has 0 heterocycles.